The Hall–Kier alpha value is -3.07. The molecule has 0 N–H and O–H groups in total. The number of fused-ring (bicyclic) bond motifs is 1. The minimum atomic E-state index is -0.709. The number of aromatic nitrogens is 4. The molecule has 32 heavy (non-hydrogen) atoms. The van der Waals surface area contributed by atoms with Crippen LogP contribution in [0.2, 0.25) is 0 Å². The highest BCUT2D eigenvalue weighted by Crippen LogP contribution is 2.31. The molecule has 0 aliphatic carbocycles. The summed E-state index contributed by atoms with van der Waals surface area (Å²) >= 11 is 0. The molecule has 1 aliphatic rings. The molecule has 0 atom stereocenters. The summed E-state index contributed by atoms with van der Waals surface area (Å²) < 4.78 is 20.9. The third kappa shape index (κ3) is 4.04. The first-order valence-corrected chi connectivity index (χ1v) is 10.7. The van der Waals surface area contributed by atoms with Gasteiger partial charge in [-0.3, -0.25) is 4.68 Å². The lowest BCUT2D eigenvalue weighted by Gasteiger charge is -2.19. The van der Waals surface area contributed by atoms with Gasteiger partial charge in [0.15, 0.2) is 0 Å². The summed E-state index contributed by atoms with van der Waals surface area (Å²) in [7, 11) is -0.709. The van der Waals surface area contributed by atoms with Gasteiger partial charge < -0.3 is 14.0 Å². The van der Waals surface area contributed by atoms with Crippen molar-refractivity contribution in [3.05, 3.63) is 43.2 Å². The van der Waals surface area contributed by atoms with Crippen LogP contribution in [0.25, 0.3) is 22.2 Å². The Kier molecular flexibility index (Phi) is 5.20. The summed E-state index contributed by atoms with van der Waals surface area (Å²) in [5.74, 6) is 0.531. The molecule has 0 amide bonds. The molecule has 3 aromatic rings. The van der Waals surface area contributed by atoms with E-state index in [1.54, 1.807) is 18.6 Å². The van der Waals surface area contributed by atoms with Crippen LogP contribution in [0.1, 0.15) is 54.5 Å². The molecule has 9 heteroatoms. The average molecular weight is 436 g/mol. The van der Waals surface area contributed by atoms with E-state index in [0.717, 1.165) is 16.5 Å². The summed E-state index contributed by atoms with van der Waals surface area (Å²) in [4.78, 5) is 17.5. The molecule has 4 heterocycles. The van der Waals surface area contributed by atoms with E-state index in [-0.39, 0.29) is 6.04 Å². The molecule has 0 radical (unpaired) electrons. The number of rotatable bonds is 3. The first kappa shape index (κ1) is 22.1. The lowest BCUT2D eigenvalue weighted by Crippen LogP contribution is -2.34. The van der Waals surface area contributed by atoms with Crippen LogP contribution in [0.4, 0.5) is 4.79 Å². The van der Waals surface area contributed by atoms with Gasteiger partial charge in [0.1, 0.15) is 16.8 Å². The van der Waals surface area contributed by atoms with E-state index in [4.69, 9.17) is 14.0 Å². The van der Waals surface area contributed by atoms with Gasteiger partial charge in [-0.15, -0.1) is 0 Å². The van der Waals surface area contributed by atoms with Crippen molar-refractivity contribution in [1.29, 1.82) is 0 Å². The number of nitrogens with zero attached hydrogens (tertiary/aromatic N) is 4. The van der Waals surface area contributed by atoms with Crippen LogP contribution in [-0.2, 0) is 14.0 Å². The molecule has 8 nitrogen and oxygen atoms in total. The van der Waals surface area contributed by atoms with Gasteiger partial charge in [0.05, 0.1) is 12.0 Å². The second-order valence-electron chi connectivity index (χ2n) is 9.83. The smallest absolute Gasteiger partial charge is 0.534 e. The number of carbonyl (C=O) groups excluding carboxylic acids is 1. The van der Waals surface area contributed by atoms with Crippen molar-refractivity contribution in [3.8, 4) is 11.1 Å². The highest BCUT2D eigenvalue weighted by atomic mass is 16.7. The van der Waals surface area contributed by atoms with Crippen LogP contribution < -0.4 is 5.46 Å². The first-order valence-electron chi connectivity index (χ1n) is 10.7. The zero-order valence-electron chi connectivity index (χ0n) is 19.7. The van der Waals surface area contributed by atoms with E-state index in [0.29, 0.717) is 16.9 Å². The SMILES string of the molecule is C=C1OB(c2cn(C(=O)OC(C)(C)C)c3ncc(-c4cnn(C(C)C)c4)cc23)OC1(C)C. The number of ether oxygens (including phenoxy) is 1. The molecule has 4 rings (SSSR count). The van der Waals surface area contributed by atoms with Gasteiger partial charge >= 0.3 is 13.2 Å². The highest BCUT2D eigenvalue weighted by Gasteiger charge is 2.44. The fraction of sp³-hybridized carbons (Fsp3) is 0.435. The molecule has 0 aromatic carbocycles. The normalized spacial score (nSPS) is 16.1. The molecular formula is C23H29BN4O4. The molecule has 1 saturated heterocycles. The maximum Gasteiger partial charge on any atom is 0.565 e. The summed E-state index contributed by atoms with van der Waals surface area (Å²) in [6.07, 6.45) is 6.67. The quantitative estimate of drug-likeness (QED) is 0.570. The zero-order valence-corrected chi connectivity index (χ0v) is 19.7. The fourth-order valence-corrected chi connectivity index (χ4v) is 3.45. The first-order chi connectivity index (χ1) is 14.9. The molecule has 1 fully saturated rings. The van der Waals surface area contributed by atoms with Crippen molar-refractivity contribution in [3.63, 3.8) is 0 Å². The third-order valence-corrected chi connectivity index (χ3v) is 5.30. The molecule has 0 saturated carbocycles. The topological polar surface area (TPSA) is 80.4 Å². The molecule has 168 valence electrons. The number of pyridine rings is 1. The number of hydrogen-bond acceptors (Lipinski definition) is 6. The van der Waals surface area contributed by atoms with Crippen molar-refractivity contribution >= 4 is 29.7 Å². The molecular weight excluding hydrogens is 407 g/mol. The van der Waals surface area contributed by atoms with Gasteiger partial charge in [-0.25, -0.2) is 14.3 Å². The Morgan fingerprint density at radius 1 is 1.22 bits per heavy atom. The van der Waals surface area contributed by atoms with Crippen LogP contribution >= 0.6 is 0 Å². The van der Waals surface area contributed by atoms with Crippen molar-refractivity contribution in [1.82, 2.24) is 19.3 Å². The molecule has 0 bridgehead atoms. The second-order valence-corrected chi connectivity index (χ2v) is 9.83. The summed E-state index contributed by atoms with van der Waals surface area (Å²) in [5, 5.41) is 5.16. The predicted octanol–water partition coefficient (Wildman–Crippen LogP) is 4.30. The molecule has 0 unspecified atom stereocenters. The summed E-state index contributed by atoms with van der Waals surface area (Å²) in [5.41, 5.74) is 1.68. The van der Waals surface area contributed by atoms with Crippen LogP contribution in [0.3, 0.4) is 0 Å². The summed E-state index contributed by atoms with van der Waals surface area (Å²) in [6.45, 7) is 17.4. The highest BCUT2D eigenvalue weighted by molar-refractivity contribution is 6.65. The van der Waals surface area contributed by atoms with Gasteiger partial charge in [-0.2, -0.15) is 5.10 Å². The molecule has 1 aliphatic heterocycles. The van der Waals surface area contributed by atoms with Crippen molar-refractivity contribution < 1.29 is 18.8 Å². The van der Waals surface area contributed by atoms with E-state index >= 15 is 0 Å². The van der Waals surface area contributed by atoms with Gasteiger partial charge in [0, 0.05) is 46.6 Å². The Morgan fingerprint density at radius 2 is 1.94 bits per heavy atom. The Balaban J connectivity index is 1.84. The molecule has 3 aromatic heterocycles. The van der Waals surface area contributed by atoms with E-state index in [2.05, 4.69) is 30.5 Å². The Bertz CT molecular complexity index is 1200. The number of hydrogen-bond donors (Lipinski definition) is 0. The summed E-state index contributed by atoms with van der Waals surface area (Å²) in [6, 6.07) is 2.22. The Labute approximate surface area is 188 Å². The van der Waals surface area contributed by atoms with Crippen molar-refractivity contribution in [2.45, 2.75) is 65.7 Å². The van der Waals surface area contributed by atoms with E-state index < -0.39 is 24.4 Å². The predicted molar refractivity (Wildman–Crippen MR) is 124 cm³/mol. The maximum atomic E-state index is 12.9. The fourth-order valence-electron chi connectivity index (χ4n) is 3.45. The van der Waals surface area contributed by atoms with Gasteiger partial charge in [0.2, 0.25) is 0 Å². The van der Waals surface area contributed by atoms with E-state index in [1.807, 2.05) is 51.6 Å². The van der Waals surface area contributed by atoms with Gasteiger partial charge in [-0.1, -0.05) is 6.58 Å². The van der Waals surface area contributed by atoms with Crippen molar-refractivity contribution in [2.75, 3.05) is 0 Å². The Morgan fingerprint density at radius 3 is 2.50 bits per heavy atom. The molecule has 0 spiro atoms. The van der Waals surface area contributed by atoms with Gasteiger partial charge in [0.25, 0.3) is 0 Å². The van der Waals surface area contributed by atoms with Crippen LogP contribution in [0, 0.1) is 0 Å². The lowest BCUT2D eigenvalue weighted by molar-refractivity contribution is 0.0544. The van der Waals surface area contributed by atoms with Crippen LogP contribution in [0.5, 0.6) is 0 Å². The number of carbonyl (C=O) groups is 1. The second kappa shape index (κ2) is 7.51. The van der Waals surface area contributed by atoms with Gasteiger partial charge in [-0.05, 0) is 54.5 Å². The minimum Gasteiger partial charge on any atom is -0.534 e. The third-order valence-electron chi connectivity index (χ3n) is 5.30. The lowest BCUT2D eigenvalue weighted by atomic mass is 9.79. The standard InChI is InChI=1S/C23H29BN4O4/c1-14(2)28-12-17(11-26-28)16-9-18-19(24-31-15(3)23(7,8)32-24)13-27(20(18)25-10-16)21(29)30-22(4,5)6/h9-14H,3H2,1-2,4-8H3. The largest absolute Gasteiger partial charge is 0.565 e. The van der Waals surface area contributed by atoms with Crippen LogP contribution in [0.15, 0.2) is 43.2 Å². The van der Waals surface area contributed by atoms with Crippen LogP contribution in [-0.4, -0.2) is 43.7 Å². The van der Waals surface area contributed by atoms with Crippen molar-refractivity contribution in [2.24, 2.45) is 0 Å². The monoisotopic (exact) mass is 436 g/mol. The zero-order chi connectivity index (χ0) is 23.4. The van der Waals surface area contributed by atoms with E-state index in [9.17, 15) is 4.79 Å². The van der Waals surface area contributed by atoms with E-state index in [1.165, 1.54) is 4.57 Å². The average Bonchev–Trinajstić information content (AvgIpc) is 3.36. The maximum absolute atomic E-state index is 12.9. The minimum absolute atomic E-state index is 0.248.